The van der Waals surface area contributed by atoms with Crippen molar-refractivity contribution in [2.45, 2.75) is 25.8 Å². The third kappa shape index (κ3) is 5.19. The van der Waals surface area contributed by atoms with Gasteiger partial charge in [0.2, 0.25) is 5.91 Å². The normalized spacial score (nSPS) is 11.9. The summed E-state index contributed by atoms with van der Waals surface area (Å²) in [4.78, 5) is 11.6. The summed E-state index contributed by atoms with van der Waals surface area (Å²) in [5, 5.41) is 5.98. The lowest BCUT2D eigenvalue weighted by Gasteiger charge is -2.11. The molecule has 1 amide bonds. The first-order valence-corrected chi connectivity index (χ1v) is 6.22. The second-order valence-corrected chi connectivity index (χ2v) is 4.34. The third-order valence-electron chi connectivity index (χ3n) is 2.90. The molecule has 0 spiro atoms. The van der Waals surface area contributed by atoms with Gasteiger partial charge in [0.15, 0.2) is 0 Å². The van der Waals surface area contributed by atoms with E-state index in [0.717, 1.165) is 17.7 Å². The maximum absolute atomic E-state index is 11.6. The molecule has 0 heterocycles. The first-order chi connectivity index (χ1) is 8.65. The van der Waals surface area contributed by atoms with Crippen molar-refractivity contribution in [3.05, 3.63) is 29.8 Å². The van der Waals surface area contributed by atoms with Crippen LogP contribution in [-0.4, -0.2) is 32.7 Å². The smallest absolute Gasteiger partial charge is 0.220 e. The molecule has 0 radical (unpaired) electrons. The molecular formula is C14H22N2O2. The van der Waals surface area contributed by atoms with Gasteiger partial charge in [-0.1, -0.05) is 12.1 Å². The molecule has 4 heteroatoms. The number of amides is 1. The molecule has 18 heavy (non-hydrogen) atoms. The minimum atomic E-state index is 0.0907. The standard InChI is InChI=1S/C14H22N2O2/c1-11(15-2)10-16-14(17)9-6-12-4-7-13(18-3)8-5-12/h4-5,7-8,11,15H,6,9-10H2,1-3H3,(H,16,17). The van der Waals surface area contributed by atoms with Gasteiger partial charge in [-0.25, -0.2) is 0 Å². The molecule has 2 N–H and O–H groups in total. The number of hydrogen-bond acceptors (Lipinski definition) is 3. The first-order valence-electron chi connectivity index (χ1n) is 6.22. The van der Waals surface area contributed by atoms with E-state index in [-0.39, 0.29) is 5.91 Å². The Morgan fingerprint density at radius 2 is 2.00 bits per heavy atom. The fraction of sp³-hybridized carbons (Fsp3) is 0.500. The quantitative estimate of drug-likeness (QED) is 0.768. The molecule has 0 aromatic heterocycles. The van der Waals surface area contributed by atoms with Gasteiger partial charge in [0.1, 0.15) is 5.75 Å². The molecule has 0 saturated heterocycles. The van der Waals surface area contributed by atoms with E-state index in [1.807, 2.05) is 38.2 Å². The van der Waals surface area contributed by atoms with E-state index in [1.165, 1.54) is 0 Å². The average molecular weight is 250 g/mol. The number of carbonyl (C=O) groups is 1. The Balaban J connectivity index is 2.29. The number of methoxy groups -OCH3 is 1. The van der Waals surface area contributed by atoms with Crippen molar-refractivity contribution < 1.29 is 9.53 Å². The van der Waals surface area contributed by atoms with Gasteiger partial charge >= 0.3 is 0 Å². The summed E-state index contributed by atoms with van der Waals surface area (Å²) in [6.07, 6.45) is 1.27. The lowest BCUT2D eigenvalue weighted by Crippen LogP contribution is -2.37. The summed E-state index contributed by atoms with van der Waals surface area (Å²) < 4.78 is 5.09. The van der Waals surface area contributed by atoms with E-state index in [9.17, 15) is 4.79 Å². The molecule has 0 fully saturated rings. The number of ether oxygens (including phenoxy) is 1. The van der Waals surface area contributed by atoms with Crippen molar-refractivity contribution in [2.75, 3.05) is 20.7 Å². The SMILES string of the molecule is CNC(C)CNC(=O)CCc1ccc(OC)cc1. The highest BCUT2D eigenvalue weighted by Crippen LogP contribution is 2.12. The van der Waals surface area contributed by atoms with Crippen molar-refractivity contribution in [1.29, 1.82) is 0 Å². The Labute approximate surface area is 109 Å². The molecule has 1 rings (SSSR count). The van der Waals surface area contributed by atoms with Crippen molar-refractivity contribution in [2.24, 2.45) is 0 Å². The molecule has 4 nitrogen and oxygen atoms in total. The Hall–Kier alpha value is -1.55. The van der Waals surface area contributed by atoms with Crippen molar-refractivity contribution in [3.8, 4) is 5.75 Å². The third-order valence-corrected chi connectivity index (χ3v) is 2.90. The van der Waals surface area contributed by atoms with Crippen LogP contribution in [0.2, 0.25) is 0 Å². The van der Waals surface area contributed by atoms with Crippen LogP contribution in [0.5, 0.6) is 5.75 Å². The molecule has 0 saturated carbocycles. The van der Waals surface area contributed by atoms with Gasteiger partial charge in [-0.05, 0) is 38.1 Å². The predicted octanol–water partition coefficient (Wildman–Crippen LogP) is 1.35. The van der Waals surface area contributed by atoms with Gasteiger partial charge in [0.05, 0.1) is 7.11 Å². The van der Waals surface area contributed by atoms with Crippen LogP contribution in [0.4, 0.5) is 0 Å². The fourth-order valence-electron chi connectivity index (χ4n) is 1.51. The van der Waals surface area contributed by atoms with Crippen LogP contribution < -0.4 is 15.4 Å². The van der Waals surface area contributed by atoms with Gasteiger partial charge in [-0.2, -0.15) is 0 Å². The molecular weight excluding hydrogens is 228 g/mol. The van der Waals surface area contributed by atoms with Crippen molar-refractivity contribution in [3.63, 3.8) is 0 Å². The Bertz CT molecular complexity index is 363. The van der Waals surface area contributed by atoms with Crippen LogP contribution in [0.15, 0.2) is 24.3 Å². The van der Waals surface area contributed by atoms with Crippen LogP contribution in [-0.2, 0) is 11.2 Å². The van der Waals surface area contributed by atoms with Gasteiger partial charge in [0, 0.05) is 19.0 Å². The van der Waals surface area contributed by atoms with Crippen molar-refractivity contribution in [1.82, 2.24) is 10.6 Å². The highest BCUT2D eigenvalue weighted by molar-refractivity contribution is 5.76. The lowest BCUT2D eigenvalue weighted by atomic mass is 10.1. The van der Waals surface area contributed by atoms with E-state index in [1.54, 1.807) is 7.11 Å². The second-order valence-electron chi connectivity index (χ2n) is 4.34. The maximum atomic E-state index is 11.6. The van der Waals surface area contributed by atoms with Crippen molar-refractivity contribution >= 4 is 5.91 Å². The highest BCUT2D eigenvalue weighted by Gasteiger charge is 2.04. The topological polar surface area (TPSA) is 50.4 Å². The van der Waals surface area contributed by atoms with Crippen LogP contribution >= 0.6 is 0 Å². The molecule has 0 aliphatic carbocycles. The monoisotopic (exact) mass is 250 g/mol. The summed E-state index contributed by atoms with van der Waals surface area (Å²) >= 11 is 0. The van der Waals surface area contributed by atoms with Gasteiger partial charge in [0.25, 0.3) is 0 Å². The van der Waals surface area contributed by atoms with E-state index in [4.69, 9.17) is 4.74 Å². The number of likely N-dealkylation sites (N-methyl/N-ethyl adjacent to an activating group) is 1. The van der Waals surface area contributed by atoms with Crippen LogP contribution in [0.25, 0.3) is 0 Å². The minimum Gasteiger partial charge on any atom is -0.497 e. The van der Waals surface area contributed by atoms with Gasteiger partial charge < -0.3 is 15.4 Å². The maximum Gasteiger partial charge on any atom is 0.220 e. The zero-order valence-electron chi connectivity index (χ0n) is 11.3. The minimum absolute atomic E-state index is 0.0907. The largest absolute Gasteiger partial charge is 0.497 e. The fourth-order valence-corrected chi connectivity index (χ4v) is 1.51. The molecule has 1 unspecified atom stereocenters. The molecule has 0 bridgehead atoms. The summed E-state index contributed by atoms with van der Waals surface area (Å²) in [7, 11) is 3.53. The predicted molar refractivity (Wildman–Crippen MR) is 72.8 cm³/mol. The number of nitrogens with one attached hydrogen (secondary N) is 2. The van der Waals surface area contributed by atoms with Crippen LogP contribution in [0.3, 0.4) is 0 Å². The van der Waals surface area contributed by atoms with E-state index >= 15 is 0 Å². The second kappa shape index (κ2) is 7.71. The molecule has 0 aliphatic heterocycles. The zero-order chi connectivity index (χ0) is 13.4. The van der Waals surface area contributed by atoms with Crippen LogP contribution in [0, 0.1) is 0 Å². The molecule has 1 aromatic carbocycles. The van der Waals surface area contributed by atoms with E-state index < -0.39 is 0 Å². The Morgan fingerprint density at radius 3 is 2.56 bits per heavy atom. The molecule has 100 valence electrons. The Kier molecular flexibility index (Phi) is 6.22. The average Bonchev–Trinajstić information content (AvgIpc) is 2.42. The summed E-state index contributed by atoms with van der Waals surface area (Å²) in [6, 6.07) is 8.10. The molecule has 0 aliphatic rings. The number of hydrogen-bond donors (Lipinski definition) is 2. The van der Waals surface area contributed by atoms with Gasteiger partial charge in [-0.15, -0.1) is 0 Å². The summed E-state index contributed by atoms with van der Waals surface area (Å²) in [5.74, 6) is 0.930. The van der Waals surface area contributed by atoms with E-state index in [2.05, 4.69) is 10.6 Å². The van der Waals surface area contributed by atoms with E-state index in [0.29, 0.717) is 19.0 Å². The molecule has 1 atom stereocenters. The number of aryl methyl sites for hydroxylation is 1. The number of benzene rings is 1. The first kappa shape index (κ1) is 14.5. The Morgan fingerprint density at radius 1 is 1.33 bits per heavy atom. The lowest BCUT2D eigenvalue weighted by molar-refractivity contribution is -0.121. The highest BCUT2D eigenvalue weighted by atomic mass is 16.5. The zero-order valence-corrected chi connectivity index (χ0v) is 11.3. The van der Waals surface area contributed by atoms with Crippen LogP contribution in [0.1, 0.15) is 18.9 Å². The summed E-state index contributed by atoms with van der Waals surface area (Å²) in [6.45, 7) is 2.70. The summed E-state index contributed by atoms with van der Waals surface area (Å²) in [5.41, 5.74) is 1.15. The number of rotatable bonds is 7. The molecule has 1 aromatic rings. The van der Waals surface area contributed by atoms with Gasteiger partial charge in [-0.3, -0.25) is 4.79 Å². The number of carbonyl (C=O) groups excluding carboxylic acids is 1.